The Bertz CT molecular complexity index is 91.7. The second-order valence-corrected chi connectivity index (χ2v) is 1.04. The third-order valence-corrected chi connectivity index (χ3v) is 0.479. The smallest absolute Gasteiger partial charge is 0.256 e. The van der Waals surface area contributed by atoms with Gasteiger partial charge in [0.2, 0.25) is 0 Å². The number of carbonyl (C=O) groups is 1. The van der Waals surface area contributed by atoms with Crippen molar-refractivity contribution in [3.8, 4) is 0 Å². The van der Waals surface area contributed by atoms with E-state index in [0.29, 0.717) is 0 Å². The molecular weight excluding hydrogens is 97.0 g/mol. The van der Waals surface area contributed by atoms with Crippen LogP contribution in [0.3, 0.4) is 0 Å². The lowest BCUT2D eigenvalue weighted by Crippen LogP contribution is -2.21. The molecule has 0 saturated heterocycles. The third kappa shape index (κ3) is 1.92. The molecule has 0 aromatic heterocycles. The average Bonchev–Trinajstić information content (AvgIpc) is 1.65. The molecule has 0 spiro atoms. The highest BCUT2D eigenvalue weighted by atomic mass is 19.1. The monoisotopic (exact) mass is 103 g/mol. The zero-order valence-corrected chi connectivity index (χ0v) is 3.73. The van der Waals surface area contributed by atoms with Gasteiger partial charge in [0.15, 0.2) is 6.17 Å². The Hall–Kier alpha value is -0.860. The summed E-state index contributed by atoms with van der Waals surface area (Å²) in [6.45, 7) is 3.01. The van der Waals surface area contributed by atoms with Crippen molar-refractivity contribution < 1.29 is 9.18 Å². The van der Waals surface area contributed by atoms with Crippen LogP contribution in [0.2, 0.25) is 0 Å². The molecule has 0 rings (SSSR count). The van der Waals surface area contributed by atoms with E-state index in [2.05, 4.69) is 12.3 Å². The first kappa shape index (κ1) is 6.14. The number of primary amides is 1. The number of rotatable bonds is 2. The molecule has 1 amide bonds. The normalized spacial score (nSPS) is 12.7. The lowest BCUT2D eigenvalue weighted by Gasteiger charge is -1.89. The van der Waals surface area contributed by atoms with Gasteiger partial charge in [0, 0.05) is 0 Å². The van der Waals surface area contributed by atoms with Gasteiger partial charge < -0.3 is 5.73 Å². The maximum atomic E-state index is 11.7. The van der Waals surface area contributed by atoms with Crippen LogP contribution in [0, 0.1) is 0 Å². The lowest BCUT2D eigenvalue weighted by molar-refractivity contribution is -0.121. The molecule has 0 saturated carbocycles. The van der Waals surface area contributed by atoms with E-state index in [-0.39, 0.29) is 0 Å². The highest BCUT2D eigenvalue weighted by molar-refractivity contribution is 5.80. The lowest BCUT2D eigenvalue weighted by atomic mass is 10.4. The SMILES string of the molecule is C=CC(F)C(N)=O. The Morgan fingerprint density at radius 1 is 2.00 bits per heavy atom. The molecule has 0 radical (unpaired) electrons. The van der Waals surface area contributed by atoms with Crippen LogP contribution in [0.25, 0.3) is 0 Å². The number of amides is 1. The van der Waals surface area contributed by atoms with Crippen LogP contribution in [0.1, 0.15) is 0 Å². The summed E-state index contributed by atoms with van der Waals surface area (Å²) < 4.78 is 11.7. The van der Waals surface area contributed by atoms with Crippen LogP contribution in [-0.2, 0) is 4.79 Å². The molecule has 0 heterocycles. The van der Waals surface area contributed by atoms with Crippen molar-refractivity contribution >= 4 is 5.91 Å². The maximum Gasteiger partial charge on any atom is 0.256 e. The van der Waals surface area contributed by atoms with Gasteiger partial charge in [0.1, 0.15) is 0 Å². The minimum atomic E-state index is -1.69. The Morgan fingerprint density at radius 2 is 2.43 bits per heavy atom. The predicted octanol–water partition coefficient (Wildman–Crippen LogP) is -0.00420. The summed E-state index contributed by atoms with van der Waals surface area (Å²) in [4.78, 5) is 9.71. The number of carbonyl (C=O) groups excluding carboxylic acids is 1. The van der Waals surface area contributed by atoms with Crippen molar-refractivity contribution in [3.63, 3.8) is 0 Å². The first-order valence-electron chi connectivity index (χ1n) is 1.74. The zero-order chi connectivity index (χ0) is 5.86. The van der Waals surface area contributed by atoms with Crippen LogP contribution in [0.5, 0.6) is 0 Å². The van der Waals surface area contributed by atoms with Gasteiger partial charge in [-0.05, 0) is 6.08 Å². The second-order valence-electron chi connectivity index (χ2n) is 1.04. The first-order chi connectivity index (χ1) is 3.18. The summed E-state index contributed by atoms with van der Waals surface area (Å²) in [5, 5.41) is 0. The van der Waals surface area contributed by atoms with Gasteiger partial charge in [-0.1, -0.05) is 6.58 Å². The van der Waals surface area contributed by atoms with Crippen LogP contribution < -0.4 is 5.73 Å². The highest BCUT2D eigenvalue weighted by Crippen LogP contribution is 1.86. The summed E-state index contributed by atoms with van der Waals surface area (Å²) in [7, 11) is 0. The molecule has 0 fully saturated rings. The van der Waals surface area contributed by atoms with E-state index in [1.165, 1.54) is 0 Å². The number of nitrogens with two attached hydrogens (primary N) is 1. The number of hydrogen-bond acceptors (Lipinski definition) is 1. The summed E-state index contributed by atoms with van der Waals surface area (Å²) in [5.74, 6) is -0.991. The summed E-state index contributed by atoms with van der Waals surface area (Å²) in [6.07, 6.45) is -0.845. The maximum absolute atomic E-state index is 11.7. The van der Waals surface area contributed by atoms with Crippen LogP contribution >= 0.6 is 0 Å². The van der Waals surface area contributed by atoms with E-state index in [9.17, 15) is 9.18 Å². The molecule has 0 aliphatic carbocycles. The molecule has 2 N–H and O–H groups in total. The van der Waals surface area contributed by atoms with Crippen molar-refractivity contribution in [2.24, 2.45) is 5.73 Å². The second kappa shape index (κ2) is 2.34. The van der Waals surface area contributed by atoms with E-state index in [0.717, 1.165) is 6.08 Å². The number of halogens is 1. The molecule has 0 aliphatic heterocycles. The Labute approximate surface area is 40.8 Å². The van der Waals surface area contributed by atoms with Crippen molar-refractivity contribution in [2.45, 2.75) is 6.17 Å². The topological polar surface area (TPSA) is 43.1 Å². The molecule has 3 heteroatoms. The van der Waals surface area contributed by atoms with Crippen LogP contribution in [0.4, 0.5) is 4.39 Å². The van der Waals surface area contributed by atoms with Gasteiger partial charge in [-0.3, -0.25) is 4.79 Å². The van der Waals surface area contributed by atoms with Crippen molar-refractivity contribution in [3.05, 3.63) is 12.7 Å². The number of alkyl halides is 1. The van der Waals surface area contributed by atoms with E-state index < -0.39 is 12.1 Å². The fourth-order valence-electron chi connectivity index (χ4n) is 0.116. The fraction of sp³-hybridized carbons (Fsp3) is 0.250. The van der Waals surface area contributed by atoms with Gasteiger partial charge >= 0.3 is 0 Å². The molecule has 0 aromatic carbocycles. The van der Waals surface area contributed by atoms with Crippen molar-refractivity contribution in [1.82, 2.24) is 0 Å². The molecule has 0 aromatic rings. The van der Waals surface area contributed by atoms with Gasteiger partial charge in [0.05, 0.1) is 0 Å². The van der Waals surface area contributed by atoms with Gasteiger partial charge in [-0.15, -0.1) is 0 Å². The van der Waals surface area contributed by atoms with E-state index >= 15 is 0 Å². The number of hydrogen-bond donors (Lipinski definition) is 1. The predicted molar refractivity (Wildman–Crippen MR) is 24.3 cm³/mol. The van der Waals surface area contributed by atoms with Gasteiger partial charge in [-0.2, -0.15) is 0 Å². The average molecular weight is 103 g/mol. The fourth-order valence-corrected chi connectivity index (χ4v) is 0.116. The van der Waals surface area contributed by atoms with Gasteiger partial charge in [-0.25, -0.2) is 4.39 Å². The first-order valence-corrected chi connectivity index (χ1v) is 1.74. The van der Waals surface area contributed by atoms with Gasteiger partial charge in [0.25, 0.3) is 5.91 Å². The van der Waals surface area contributed by atoms with Crippen LogP contribution in [-0.4, -0.2) is 12.1 Å². The minimum absolute atomic E-state index is 0.850. The van der Waals surface area contributed by atoms with E-state index in [1.54, 1.807) is 0 Å². The van der Waals surface area contributed by atoms with E-state index in [4.69, 9.17) is 0 Å². The molecular formula is C4H6FNO. The van der Waals surface area contributed by atoms with E-state index in [1.807, 2.05) is 0 Å². The summed E-state index contributed by atoms with van der Waals surface area (Å²) in [6, 6.07) is 0. The molecule has 0 aliphatic rings. The largest absolute Gasteiger partial charge is 0.367 e. The van der Waals surface area contributed by atoms with Crippen molar-refractivity contribution in [2.75, 3.05) is 0 Å². The molecule has 2 nitrogen and oxygen atoms in total. The molecule has 1 unspecified atom stereocenters. The highest BCUT2D eigenvalue weighted by Gasteiger charge is 2.04. The summed E-state index contributed by atoms with van der Waals surface area (Å²) >= 11 is 0. The van der Waals surface area contributed by atoms with Crippen molar-refractivity contribution in [1.29, 1.82) is 0 Å². The quantitative estimate of drug-likeness (QED) is 0.491. The molecule has 7 heavy (non-hydrogen) atoms. The Morgan fingerprint density at radius 3 is 2.43 bits per heavy atom. The zero-order valence-electron chi connectivity index (χ0n) is 3.73. The Kier molecular flexibility index (Phi) is 2.05. The molecule has 40 valence electrons. The molecule has 1 atom stereocenters. The minimum Gasteiger partial charge on any atom is -0.367 e. The van der Waals surface area contributed by atoms with Crippen LogP contribution in [0.15, 0.2) is 12.7 Å². The standard InChI is InChI=1S/C4H6FNO/c1-2-3(5)4(6)7/h2-3H,1H2,(H2,6,7). The molecule has 0 bridgehead atoms. The Balaban J connectivity index is 3.55. The third-order valence-electron chi connectivity index (χ3n) is 0.479. The summed E-state index contributed by atoms with van der Waals surface area (Å²) in [5.41, 5.74) is 4.46.